The van der Waals surface area contributed by atoms with Crippen LogP contribution in [-0.4, -0.2) is 12.5 Å². The minimum Gasteiger partial charge on any atom is -0.494 e. The second-order valence-electron chi connectivity index (χ2n) is 5.74. The molecule has 26 heavy (non-hydrogen) atoms. The number of hydrogen-bond donors (Lipinski definition) is 1. The number of unbranched alkanes of at least 4 members (excludes halogenated alkanes) is 2. The van der Waals surface area contributed by atoms with Crippen LogP contribution < -0.4 is 10.1 Å². The van der Waals surface area contributed by atoms with Crippen LogP contribution >= 0.6 is 15.9 Å². The van der Waals surface area contributed by atoms with Crippen molar-refractivity contribution in [2.24, 2.45) is 0 Å². The van der Waals surface area contributed by atoms with Crippen LogP contribution in [0.15, 0.2) is 53.0 Å². The molecule has 1 amide bonds. The van der Waals surface area contributed by atoms with Crippen LogP contribution in [0.1, 0.15) is 31.2 Å². The van der Waals surface area contributed by atoms with Crippen molar-refractivity contribution < 1.29 is 22.7 Å². The van der Waals surface area contributed by atoms with E-state index in [1.165, 1.54) is 12.1 Å². The summed E-state index contributed by atoms with van der Waals surface area (Å²) >= 11 is 3.35. The molecule has 0 aromatic heterocycles. The fraction of sp³-hybridized carbons (Fsp3) is 0.316. The van der Waals surface area contributed by atoms with Gasteiger partial charge in [0.1, 0.15) is 5.75 Å². The molecule has 2 rings (SSSR count). The average molecular weight is 430 g/mol. The Balaban J connectivity index is 1.64. The van der Waals surface area contributed by atoms with Gasteiger partial charge in [-0.05, 0) is 61.7 Å². The Morgan fingerprint density at radius 1 is 1.04 bits per heavy atom. The minimum absolute atomic E-state index is 0.156. The number of hydrogen-bond acceptors (Lipinski definition) is 2. The Kier molecular flexibility index (Phi) is 7.50. The molecular weight excluding hydrogens is 411 g/mol. The summed E-state index contributed by atoms with van der Waals surface area (Å²) in [5.41, 5.74) is -0.621. The van der Waals surface area contributed by atoms with Gasteiger partial charge in [-0.1, -0.05) is 22.0 Å². The van der Waals surface area contributed by atoms with Crippen LogP contribution in [0.3, 0.4) is 0 Å². The zero-order valence-electron chi connectivity index (χ0n) is 14.0. The molecule has 0 saturated heterocycles. The van der Waals surface area contributed by atoms with Crippen molar-refractivity contribution in [1.29, 1.82) is 0 Å². The molecule has 1 N–H and O–H groups in total. The van der Waals surface area contributed by atoms with Crippen LogP contribution in [0, 0.1) is 0 Å². The van der Waals surface area contributed by atoms with Gasteiger partial charge in [0.25, 0.3) is 0 Å². The Bertz CT molecular complexity index is 717. The monoisotopic (exact) mass is 429 g/mol. The first-order valence-corrected chi connectivity index (χ1v) is 8.99. The van der Waals surface area contributed by atoms with Crippen molar-refractivity contribution in [2.45, 2.75) is 31.9 Å². The standard InChI is InChI=1S/C19H19BrF3NO2/c20-15-8-10-17(11-9-15)26-12-3-1-2-7-18(25)24-16-6-4-5-14(13-16)19(21,22)23/h4-6,8-11,13H,1-3,7,12H2,(H,24,25). The lowest BCUT2D eigenvalue weighted by Crippen LogP contribution is -2.12. The van der Waals surface area contributed by atoms with Gasteiger partial charge >= 0.3 is 6.18 Å². The number of alkyl halides is 3. The van der Waals surface area contributed by atoms with Gasteiger partial charge in [-0.3, -0.25) is 4.79 Å². The van der Waals surface area contributed by atoms with Crippen molar-refractivity contribution in [1.82, 2.24) is 0 Å². The van der Waals surface area contributed by atoms with E-state index in [4.69, 9.17) is 4.74 Å². The summed E-state index contributed by atoms with van der Waals surface area (Å²) in [6.07, 6.45) is -1.92. The lowest BCUT2D eigenvalue weighted by molar-refractivity contribution is -0.137. The van der Waals surface area contributed by atoms with Gasteiger partial charge in [0, 0.05) is 16.6 Å². The fourth-order valence-electron chi connectivity index (χ4n) is 2.28. The van der Waals surface area contributed by atoms with Gasteiger partial charge < -0.3 is 10.1 Å². The van der Waals surface area contributed by atoms with Gasteiger partial charge in [-0.25, -0.2) is 0 Å². The van der Waals surface area contributed by atoms with Crippen molar-refractivity contribution in [3.05, 3.63) is 58.6 Å². The minimum atomic E-state index is -4.42. The van der Waals surface area contributed by atoms with Crippen LogP contribution in [0.5, 0.6) is 5.75 Å². The molecule has 0 atom stereocenters. The van der Waals surface area contributed by atoms with E-state index in [9.17, 15) is 18.0 Å². The number of anilines is 1. The molecule has 0 aliphatic carbocycles. The summed E-state index contributed by atoms with van der Waals surface area (Å²) in [6, 6.07) is 12.2. The first kappa shape index (κ1) is 20.3. The molecule has 7 heteroatoms. The van der Waals surface area contributed by atoms with Crippen LogP contribution in [-0.2, 0) is 11.0 Å². The highest BCUT2D eigenvalue weighted by molar-refractivity contribution is 9.10. The SMILES string of the molecule is O=C(CCCCCOc1ccc(Br)cc1)Nc1cccc(C(F)(F)F)c1. The molecule has 0 heterocycles. The topological polar surface area (TPSA) is 38.3 Å². The van der Waals surface area contributed by atoms with Crippen LogP contribution in [0.2, 0.25) is 0 Å². The second-order valence-corrected chi connectivity index (χ2v) is 6.66. The third-order valence-corrected chi connectivity index (χ3v) is 4.13. The number of ether oxygens (including phenoxy) is 1. The first-order valence-electron chi connectivity index (χ1n) is 8.20. The second kappa shape index (κ2) is 9.62. The average Bonchev–Trinajstić information content (AvgIpc) is 2.59. The maximum Gasteiger partial charge on any atom is 0.416 e. The van der Waals surface area contributed by atoms with E-state index in [0.29, 0.717) is 13.0 Å². The third-order valence-electron chi connectivity index (χ3n) is 3.60. The molecule has 0 spiro atoms. The van der Waals surface area contributed by atoms with E-state index in [1.807, 2.05) is 24.3 Å². The molecule has 0 fully saturated rings. The van der Waals surface area contributed by atoms with Crippen LogP contribution in [0.4, 0.5) is 18.9 Å². The molecule has 0 unspecified atom stereocenters. The third kappa shape index (κ3) is 7.07. The fourth-order valence-corrected chi connectivity index (χ4v) is 2.55. The predicted molar refractivity (Wildman–Crippen MR) is 98.2 cm³/mol. The highest BCUT2D eigenvalue weighted by Gasteiger charge is 2.30. The normalized spacial score (nSPS) is 11.2. The smallest absolute Gasteiger partial charge is 0.416 e. The number of carbonyl (C=O) groups is 1. The predicted octanol–water partition coefficient (Wildman–Crippen LogP) is 6.05. The van der Waals surface area contributed by atoms with Crippen molar-refractivity contribution in [3.63, 3.8) is 0 Å². The number of rotatable bonds is 8. The van der Waals surface area contributed by atoms with E-state index in [0.717, 1.165) is 35.2 Å². The van der Waals surface area contributed by atoms with Gasteiger partial charge in [0.15, 0.2) is 0 Å². The molecule has 0 saturated carbocycles. The Morgan fingerprint density at radius 2 is 1.77 bits per heavy atom. The Labute approximate surface area is 158 Å². The van der Waals surface area contributed by atoms with Crippen molar-refractivity contribution in [3.8, 4) is 5.75 Å². The molecule has 2 aromatic rings. The zero-order chi connectivity index (χ0) is 19.0. The lowest BCUT2D eigenvalue weighted by Gasteiger charge is -2.10. The molecule has 3 nitrogen and oxygen atoms in total. The molecule has 0 bridgehead atoms. The Hall–Kier alpha value is -2.02. The molecular formula is C19H19BrF3NO2. The number of amides is 1. The summed E-state index contributed by atoms with van der Waals surface area (Å²) in [4.78, 5) is 11.8. The van der Waals surface area contributed by atoms with E-state index >= 15 is 0 Å². The number of carbonyl (C=O) groups excluding carboxylic acids is 1. The highest BCUT2D eigenvalue weighted by Crippen LogP contribution is 2.30. The summed E-state index contributed by atoms with van der Waals surface area (Å²) < 4.78 is 44.5. The number of nitrogens with one attached hydrogen (secondary N) is 1. The van der Waals surface area contributed by atoms with Gasteiger partial charge in [-0.15, -0.1) is 0 Å². The Morgan fingerprint density at radius 3 is 2.46 bits per heavy atom. The molecule has 2 aromatic carbocycles. The zero-order valence-corrected chi connectivity index (χ0v) is 15.6. The molecule has 0 radical (unpaired) electrons. The van der Waals surface area contributed by atoms with E-state index in [2.05, 4.69) is 21.2 Å². The quantitative estimate of drug-likeness (QED) is 0.518. The summed E-state index contributed by atoms with van der Waals surface area (Å²) in [5, 5.41) is 2.50. The number of halogens is 4. The first-order chi connectivity index (χ1) is 12.3. The van der Waals surface area contributed by atoms with Gasteiger partial charge in [0.05, 0.1) is 12.2 Å². The maximum absolute atomic E-state index is 12.6. The van der Waals surface area contributed by atoms with E-state index in [-0.39, 0.29) is 18.0 Å². The maximum atomic E-state index is 12.6. The van der Waals surface area contributed by atoms with E-state index in [1.54, 1.807) is 0 Å². The summed E-state index contributed by atoms with van der Waals surface area (Å²) in [6.45, 7) is 0.552. The van der Waals surface area contributed by atoms with Crippen LogP contribution in [0.25, 0.3) is 0 Å². The molecule has 0 aliphatic rings. The largest absolute Gasteiger partial charge is 0.494 e. The highest BCUT2D eigenvalue weighted by atomic mass is 79.9. The van der Waals surface area contributed by atoms with Crippen molar-refractivity contribution in [2.75, 3.05) is 11.9 Å². The summed E-state index contributed by atoms with van der Waals surface area (Å²) in [7, 11) is 0. The van der Waals surface area contributed by atoms with Crippen molar-refractivity contribution >= 4 is 27.5 Å². The lowest BCUT2D eigenvalue weighted by atomic mass is 10.1. The van der Waals surface area contributed by atoms with E-state index < -0.39 is 11.7 Å². The molecule has 140 valence electrons. The van der Waals surface area contributed by atoms with Gasteiger partial charge in [0.2, 0.25) is 5.91 Å². The summed E-state index contributed by atoms with van der Waals surface area (Å²) in [5.74, 6) is 0.494. The molecule has 0 aliphatic heterocycles. The van der Waals surface area contributed by atoms with Gasteiger partial charge in [-0.2, -0.15) is 13.2 Å². The number of benzene rings is 2.